The van der Waals surface area contributed by atoms with Crippen LogP contribution in [0.3, 0.4) is 0 Å². The fraction of sp³-hybridized carbons (Fsp3) is 0.500. The summed E-state index contributed by atoms with van der Waals surface area (Å²) in [5, 5.41) is 0. The van der Waals surface area contributed by atoms with E-state index in [1.54, 1.807) is 0 Å². The fourth-order valence-corrected chi connectivity index (χ4v) is 0.799. The molecular weight excluding hydrogens is 112 g/mol. The van der Waals surface area contributed by atoms with Crippen molar-refractivity contribution in [2.75, 3.05) is 6.61 Å². The maximum atomic E-state index is 5.14. The molecule has 0 spiro atoms. The Morgan fingerprint density at radius 3 is 2.56 bits per heavy atom. The fourth-order valence-electron chi connectivity index (χ4n) is 0.799. The van der Waals surface area contributed by atoms with E-state index in [0.29, 0.717) is 5.92 Å². The van der Waals surface area contributed by atoms with E-state index < -0.39 is 0 Å². The maximum absolute atomic E-state index is 5.14. The summed E-state index contributed by atoms with van der Waals surface area (Å²) in [5.41, 5.74) is 1.35. The van der Waals surface area contributed by atoms with Gasteiger partial charge in [0.1, 0.15) is 12.4 Å². The summed E-state index contributed by atoms with van der Waals surface area (Å²) < 4.78 is 5.14. The molecular formula is C8H12O. The normalized spacial score (nSPS) is 18.1. The average Bonchev–Trinajstić information content (AvgIpc) is 2.14. The number of hydrogen-bond donors (Lipinski definition) is 0. The van der Waals surface area contributed by atoms with Gasteiger partial charge in [0, 0.05) is 0 Å². The summed E-state index contributed by atoms with van der Waals surface area (Å²) in [6.45, 7) is 8.76. The molecule has 0 atom stereocenters. The van der Waals surface area contributed by atoms with E-state index in [2.05, 4.69) is 20.4 Å². The van der Waals surface area contributed by atoms with Crippen LogP contribution in [0, 0.1) is 5.92 Å². The molecule has 0 fully saturated rings. The van der Waals surface area contributed by atoms with Gasteiger partial charge in [0.2, 0.25) is 0 Å². The summed E-state index contributed by atoms with van der Waals surface area (Å²) in [6.07, 6.45) is 2.02. The molecule has 1 rings (SSSR count). The lowest BCUT2D eigenvalue weighted by Crippen LogP contribution is -1.94. The second-order valence-corrected chi connectivity index (χ2v) is 2.63. The minimum atomic E-state index is 0.601. The predicted octanol–water partition coefficient (Wildman–Crippen LogP) is 2.11. The number of rotatable bonds is 1. The van der Waals surface area contributed by atoms with Gasteiger partial charge in [-0.3, -0.25) is 0 Å². The van der Waals surface area contributed by atoms with Crippen molar-refractivity contribution in [1.29, 1.82) is 0 Å². The number of ether oxygens (including phenoxy) is 1. The standard InChI is InChI=1S/C8H12O/c1-6(2)8-4-7(3)9-5-8/h4,6H,3,5H2,1-2H3. The average molecular weight is 124 g/mol. The first-order valence-corrected chi connectivity index (χ1v) is 3.22. The van der Waals surface area contributed by atoms with Crippen molar-refractivity contribution in [3.8, 4) is 0 Å². The molecule has 50 valence electrons. The van der Waals surface area contributed by atoms with E-state index in [-0.39, 0.29) is 0 Å². The smallest absolute Gasteiger partial charge is 0.112 e. The quantitative estimate of drug-likeness (QED) is 0.520. The van der Waals surface area contributed by atoms with Crippen LogP contribution in [-0.2, 0) is 4.74 Å². The highest BCUT2D eigenvalue weighted by Gasteiger charge is 2.10. The first kappa shape index (κ1) is 6.40. The van der Waals surface area contributed by atoms with Crippen molar-refractivity contribution in [3.05, 3.63) is 24.0 Å². The summed E-state index contributed by atoms with van der Waals surface area (Å²) in [7, 11) is 0. The molecule has 1 aliphatic rings. The minimum absolute atomic E-state index is 0.601. The predicted molar refractivity (Wildman–Crippen MR) is 38.0 cm³/mol. The SMILES string of the molecule is C=C1C=C(C(C)C)CO1. The Morgan fingerprint density at radius 1 is 1.67 bits per heavy atom. The van der Waals surface area contributed by atoms with Gasteiger partial charge >= 0.3 is 0 Å². The van der Waals surface area contributed by atoms with Crippen molar-refractivity contribution in [1.82, 2.24) is 0 Å². The van der Waals surface area contributed by atoms with E-state index in [9.17, 15) is 0 Å². The lowest BCUT2D eigenvalue weighted by Gasteiger charge is -2.01. The maximum Gasteiger partial charge on any atom is 0.112 e. The van der Waals surface area contributed by atoms with Crippen LogP contribution in [0.4, 0.5) is 0 Å². The monoisotopic (exact) mass is 124 g/mol. The Balaban J connectivity index is 2.62. The third-order valence-electron chi connectivity index (χ3n) is 1.51. The van der Waals surface area contributed by atoms with Crippen LogP contribution in [0.15, 0.2) is 24.0 Å². The Kier molecular flexibility index (Phi) is 1.60. The third-order valence-corrected chi connectivity index (χ3v) is 1.51. The molecule has 0 bridgehead atoms. The van der Waals surface area contributed by atoms with Crippen LogP contribution < -0.4 is 0 Å². The molecule has 1 nitrogen and oxygen atoms in total. The number of allylic oxidation sites excluding steroid dienone is 1. The molecule has 0 saturated carbocycles. The van der Waals surface area contributed by atoms with E-state index in [1.807, 2.05) is 6.08 Å². The summed E-state index contributed by atoms with van der Waals surface area (Å²) >= 11 is 0. The van der Waals surface area contributed by atoms with Gasteiger partial charge in [-0.1, -0.05) is 20.4 Å². The Bertz CT molecular complexity index is 154. The van der Waals surface area contributed by atoms with Crippen molar-refractivity contribution in [2.24, 2.45) is 5.92 Å². The summed E-state index contributed by atoms with van der Waals surface area (Å²) in [4.78, 5) is 0. The molecule has 0 N–H and O–H groups in total. The second kappa shape index (κ2) is 2.26. The van der Waals surface area contributed by atoms with Crippen LogP contribution in [0.1, 0.15) is 13.8 Å². The van der Waals surface area contributed by atoms with Crippen LogP contribution >= 0.6 is 0 Å². The summed E-state index contributed by atoms with van der Waals surface area (Å²) in [6, 6.07) is 0. The van der Waals surface area contributed by atoms with Crippen molar-refractivity contribution in [2.45, 2.75) is 13.8 Å². The van der Waals surface area contributed by atoms with Gasteiger partial charge in [-0.15, -0.1) is 0 Å². The van der Waals surface area contributed by atoms with Gasteiger partial charge in [-0.2, -0.15) is 0 Å². The van der Waals surface area contributed by atoms with Gasteiger partial charge in [0.05, 0.1) is 0 Å². The van der Waals surface area contributed by atoms with Crippen molar-refractivity contribution < 1.29 is 4.74 Å². The molecule has 0 radical (unpaired) electrons. The van der Waals surface area contributed by atoms with Crippen LogP contribution in [-0.4, -0.2) is 6.61 Å². The lowest BCUT2D eigenvalue weighted by molar-refractivity contribution is 0.268. The molecule has 0 aromatic heterocycles. The van der Waals surface area contributed by atoms with E-state index in [0.717, 1.165) is 12.4 Å². The van der Waals surface area contributed by atoms with Crippen molar-refractivity contribution >= 4 is 0 Å². The molecule has 1 heterocycles. The van der Waals surface area contributed by atoms with Gasteiger partial charge < -0.3 is 4.74 Å². The van der Waals surface area contributed by atoms with Gasteiger partial charge in [0.15, 0.2) is 0 Å². The molecule has 0 saturated heterocycles. The third kappa shape index (κ3) is 1.35. The number of hydrogen-bond acceptors (Lipinski definition) is 1. The van der Waals surface area contributed by atoms with Gasteiger partial charge in [-0.05, 0) is 17.6 Å². The first-order chi connectivity index (χ1) is 4.20. The largest absolute Gasteiger partial charge is 0.490 e. The van der Waals surface area contributed by atoms with Crippen molar-refractivity contribution in [3.63, 3.8) is 0 Å². The lowest BCUT2D eigenvalue weighted by atomic mass is 10.1. The second-order valence-electron chi connectivity index (χ2n) is 2.63. The topological polar surface area (TPSA) is 9.23 Å². The summed E-state index contributed by atoms with van der Waals surface area (Å²) in [5.74, 6) is 1.41. The van der Waals surface area contributed by atoms with Gasteiger partial charge in [0.25, 0.3) is 0 Å². The van der Waals surface area contributed by atoms with E-state index >= 15 is 0 Å². The van der Waals surface area contributed by atoms with Gasteiger partial charge in [-0.25, -0.2) is 0 Å². The molecule has 1 heteroatoms. The van der Waals surface area contributed by atoms with Crippen LogP contribution in [0.25, 0.3) is 0 Å². The van der Waals surface area contributed by atoms with E-state index in [1.165, 1.54) is 5.57 Å². The highest BCUT2D eigenvalue weighted by Crippen LogP contribution is 2.19. The highest BCUT2D eigenvalue weighted by atomic mass is 16.5. The Labute approximate surface area is 56.0 Å². The minimum Gasteiger partial charge on any atom is -0.490 e. The zero-order valence-electron chi connectivity index (χ0n) is 5.98. The molecule has 0 aliphatic carbocycles. The van der Waals surface area contributed by atoms with Crippen LogP contribution in [0.2, 0.25) is 0 Å². The Morgan fingerprint density at radius 2 is 2.33 bits per heavy atom. The van der Waals surface area contributed by atoms with E-state index in [4.69, 9.17) is 4.74 Å². The zero-order chi connectivity index (χ0) is 6.85. The molecule has 0 unspecified atom stereocenters. The molecule has 0 amide bonds. The molecule has 0 aromatic rings. The molecule has 0 aromatic carbocycles. The zero-order valence-corrected chi connectivity index (χ0v) is 5.98. The Hall–Kier alpha value is -0.720. The molecule has 9 heavy (non-hydrogen) atoms. The first-order valence-electron chi connectivity index (χ1n) is 3.22. The van der Waals surface area contributed by atoms with Crippen LogP contribution in [0.5, 0.6) is 0 Å². The highest BCUT2D eigenvalue weighted by molar-refractivity contribution is 5.23. The molecule has 1 aliphatic heterocycles.